The normalized spacial score (nSPS) is 26.6. The third-order valence-electron chi connectivity index (χ3n) is 2.39. The summed E-state index contributed by atoms with van der Waals surface area (Å²) in [6, 6.07) is 0. The van der Waals surface area contributed by atoms with Gasteiger partial charge in [-0.3, -0.25) is 4.99 Å². The van der Waals surface area contributed by atoms with Crippen LogP contribution in [0.3, 0.4) is 0 Å². The van der Waals surface area contributed by atoms with Gasteiger partial charge in [-0.15, -0.1) is 0 Å². The smallest absolute Gasteiger partial charge is 0.150 e. The van der Waals surface area contributed by atoms with Crippen molar-refractivity contribution in [1.29, 1.82) is 0 Å². The van der Waals surface area contributed by atoms with Gasteiger partial charge in [-0.05, 0) is 18.8 Å². The van der Waals surface area contributed by atoms with Crippen LogP contribution < -0.4 is 5.73 Å². The Morgan fingerprint density at radius 2 is 2.29 bits per heavy atom. The maximum Gasteiger partial charge on any atom is 0.150 e. The van der Waals surface area contributed by atoms with Crippen molar-refractivity contribution in [1.82, 2.24) is 0 Å². The van der Waals surface area contributed by atoms with Crippen LogP contribution in [-0.2, 0) is 9.84 Å². The van der Waals surface area contributed by atoms with Gasteiger partial charge in [0.05, 0.1) is 17.3 Å². The van der Waals surface area contributed by atoms with E-state index in [-0.39, 0.29) is 11.7 Å². The van der Waals surface area contributed by atoms with E-state index in [0.29, 0.717) is 18.1 Å². The second-order valence-corrected chi connectivity index (χ2v) is 6.08. The molecule has 1 aliphatic rings. The van der Waals surface area contributed by atoms with Crippen molar-refractivity contribution < 1.29 is 8.42 Å². The Kier molecular flexibility index (Phi) is 3.92. The van der Waals surface area contributed by atoms with Crippen LogP contribution in [0.1, 0.15) is 26.2 Å². The molecule has 0 spiro atoms. The molecule has 1 rings (SSSR count). The number of sulfone groups is 1. The monoisotopic (exact) mass is 218 g/mol. The maximum atomic E-state index is 11.1. The number of hydrogen-bond donors (Lipinski definition) is 1. The lowest BCUT2D eigenvalue weighted by molar-refractivity contribution is 0.591. The van der Waals surface area contributed by atoms with Gasteiger partial charge < -0.3 is 5.73 Å². The molecule has 0 saturated carbocycles. The Bertz CT molecular complexity index is 309. The topological polar surface area (TPSA) is 72.5 Å². The summed E-state index contributed by atoms with van der Waals surface area (Å²) >= 11 is 0. The first-order valence-electron chi connectivity index (χ1n) is 5.02. The van der Waals surface area contributed by atoms with Gasteiger partial charge in [0.1, 0.15) is 0 Å². The molecule has 0 aromatic rings. The summed E-state index contributed by atoms with van der Waals surface area (Å²) in [5.74, 6) is 1.45. The van der Waals surface area contributed by atoms with E-state index in [4.69, 9.17) is 5.73 Å². The molecular formula is C9H18N2O2S. The van der Waals surface area contributed by atoms with Crippen LogP contribution in [0, 0.1) is 5.92 Å². The lowest BCUT2D eigenvalue weighted by atomic mass is 10.1. The van der Waals surface area contributed by atoms with Crippen LogP contribution >= 0.6 is 0 Å². The predicted molar refractivity (Wildman–Crippen MR) is 58.2 cm³/mol. The molecule has 1 atom stereocenters. The molecule has 14 heavy (non-hydrogen) atoms. The fourth-order valence-corrected chi connectivity index (χ4v) is 3.45. The van der Waals surface area contributed by atoms with Gasteiger partial charge in [-0.1, -0.05) is 6.92 Å². The first kappa shape index (κ1) is 11.5. The molecule has 1 aliphatic heterocycles. The van der Waals surface area contributed by atoms with Crippen LogP contribution in [0.4, 0.5) is 0 Å². The Morgan fingerprint density at radius 1 is 1.57 bits per heavy atom. The van der Waals surface area contributed by atoms with Gasteiger partial charge >= 0.3 is 0 Å². The van der Waals surface area contributed by atoms with E-state index in [1.165, 1.54) is 0 Å². The first-order valence-corrected chi connectivity index (χ1v) is 6.85. The van der Waals surface area contributed by atoms with Crippen molar-refractivity contribution >= 4 is 15.7 Å². The Labute approximate surface area is 85.5 Å². The molecule has 5 heteroatoms. The van der Waals surface area contributed by atoms with Crippen LogP contribution in [0.5, 0.6) is 0 Å². The summed E-state index contributed by atoms with van der Waals surface area (Å²) in [6.07, 6.45) is 2.53. The number of aliphatic imine (C=N–C) groups is 1. The summed E-state index contributed by atoms with van der Waals surface area (Å²) in [6.45, 7) is 2.62. The molecule has 0 bridgehead atoms. The lowest BCUT2D eigenvalue weighted by Crippen LogP contribution is -2.15. The Morgan fingerprint density at radius 3 is 2.79 bits per heavy atom. The number of rotatable bonds is 4. The number of hydrogen-bond acceptors (Lipinski definition) is 3. The molecule has 0 radical (unpaired) electrons. The molecule has 4 nitrogen and oxygen atoms in total. The van der Waals surface area contributed by atoms with Crippen molar-refractivity contribution in [2.24, 2.45) is 16.6 Å². The molecule has 1 heterocycles. The minimum absolute atomic E-state index is 0.190. The standard InChI is InChI=1S/C9H18N2O2S/c1-2-3-9(10)11-6-8-4-5-14(12,13)7-8/h8H,2-7H2,1H3,(H2,10,11). The fraction of sp³-hybridized carbons (Fsp3) is 0.889. The third kappa shape index (κ3) is 3.65. The highest BCUT2D eigenvalue weighted by Crippen LogP contribution is 2.18. The van der Waals surface area contributed by atoms with Crippen LogP contribution in [0.15, 0.2) is 4.99 Å². The SMILES string of the molecule is CCCC(N)=NCC1CCS(=O)(=O)C1. The Hall–Kier alpha value is -0.580. The number of amidine groups is 1. The molecule has 0 amide bonds. The number of nitrogens with zero attached hydrogens (tertiary/aromatic N) is 1. The van der Waals surface area contributed by atoms with Gasteiger partial charge in [0.25, 0.3) is 0 Å². The number of nitrogens with two attached hydrogens (primary N) is 1. The summed E-state index contributed by atoms with van der Waals surface area (Å²) < 4.78 is 22.3. The molecule has 0 aromatic carbocycles. The average molecular weight is 218 g/mol. The third-order valence-corrected chi connectivity index (χ3v) is 4.22. The molecule has 2 N–H and O–H groups in total. The van der Waals surface area contributed by atoms with Crippen molar-refractivity contribution in [3.63, 3.8) is 0 Å². The Balaban J connectivity index is 2.37. The lowest BCUT2D eigenvalue weighted by Gasteiger charge is -2.03. The van der Waals surface area contributed by atoms with E-state index in [1.807, 2.05) is 6.92 Å². The van der Waals surface area contributed by atoms with Gasteiger partial charge in [-0.25, -0.2) is 8.42 Å². The highest BCUT2D eigenvalue weighted by atomic mass is 32.2. The van der Waals surface area contributed by atoms with E-state index < -0.39 is 9.84 Å². The predicted octanol–water partition coefficient (Wildman–Crippen LogP) is 0.578. The molecule has 1 saturated heterocycles. The molecule has 0 aromatic heterocycles. The highest BCUT2D eigenvalue weighted by molar-refractivity contribution is 7.91. The maximum absolute atomic E-state index is 11.1. The highest BCUT2D eigenvalue weighted by Gasteiger charge is 2.27. The molecular weight excluding hydrogens is 200 g/mol. The van der Waals surface area contributed by atoms with E-state index in [9.17, 15) is 8.42 Å². The van der Waals surface area contributed by atoms with Crippen molar-refractivity contribution in [3.05, 3.63) is 0 Å². The van der Waals surface area contributed by atoms with E-state index in [1.54, 1.807) is 0 Å². The first-order chi connectivity index (χ1) is 6.53. The summed E-state index contributed by atoms with van der Waals surface area (Å²) in [5, 5.41) is 0. The zero-order chi connectivity index (χ0) is 10.6. The van der Waals surface area contributed by atoms with Crippen LogP contribution in [0.2, 0.25) is 0 Å². The van der Waals surface area contributed by atoms with Crippen molar-refractivity contribution in [2.45, 2.75) is 26.2 Å². The molecule has 1 unspecified atom stereocenters. The van der Waals surface area contributed by atoms with Crippen LogP contribution in [-0.4, -0.2) is 32.3 Å². The fourth-order valence-electron chi connectivity index (χ4n) is 1.60. The van der Waals surface area contributed by atoms with Crippen molar-refractivity contribution in [3.8, 4) is 0 Å². The van der Waals surface area contributed by atoms with E-state index in [2.05, 4.69) is 4.99 Å². The second-order valence-electron chi connectivity index (χ2n) is 3.85. The molecule has 0 aliphatic carbocycles. The van der Waals surface area contributed by atoms with Crippen LogP contribution in [0.25, 0.3) is 0 Å². The summed E-state index contributed by atoms with van der Waals surface area (Å²) in [5.41, 5.74) is 5.63. The second kappa shape index (κ2) is 4.77. The summed E-state index contributed by atoms with van der Waals surface area (Å²) in [4.78, 5) is 4.19. The minimum Gasteiger partial charge on any atom is -0.387 e. The summed E-state index contributed by atoms with van der Waals surface area (Å²) in [7, 11) is -2.77. The van der Waals surface area contributed by atoms with Gasteiger partial charge in [-0.2, -0.15) is 0 Å². The molecule has 1 fully saturated rings. The minimum atomic E-state index is -2.77. The zero-order valence-electron chi connectivity index (χ0n) is 8.57. The average Bonchev–Trinajstić information content (AvgIpc) is 2.43. The molecule has 82 valence electrons. The van der Waals surface area contributed by atoms with E-state index in [0.717, 1.165) is 19.3 Å². The van der Waals surface area contributed by atoms with Gasteiger partial charge in [0.15, 0.2) is 9.84 Å². The van der Waals surface area contributed by atoms with Crippen molar-refractivity contribution in [2.75, 3.05) is 18.1 Å². The zero-order valence-corrected chi connectivity index (χ0v) is 9.39. The quantitative estimate of drug-likeness (QED) is 0.554. The largest absolute Gasteiger partial charge is 0.387 e. The van der Waals surface area contributed by atoms with Gasteiger partial charge in [0, 0.05) is 13.0 Å². The van der Waals surface area contributed by atoms with Gasteiger partial charge in [0.2, 0.25) is 0 Å². The van der Waals surface area contributed by atoms with E-state index >= 15 is 0 Å².